The van der Waals surface area contributed by atoms with Crippen LogP contribution in [0.3, 0.4) is 0 Å². The Balaban J connectivity index is 2.44. The first-order valence-electron chi connectivity index (χ1n) is 6.14. The number of nitrogens with one attached hydrogen (secondary N) is 2. The summed E-state index contributed by atoms with van der Waals surface area (Å²) in [5, 5.41) is 5.43. The number of para-hydroxylation sites is 1. The zero-order valence-electron chi connectivity index (χ0n) is 11.1. The number of anilines is 1. The average Bonchev–Trinajstić information content (AvgIpc) is 2.28. The Morgan fingerprint density at radius 1 is 1.11 bits per heavy atom. The van der Waals surface area contributed by atoms with E-state index in [2.05, 4.69) is 10.6 Å². The van der Waals surface area contributed by atoms with Crippen molar-refractivity contribution in [1.29, 1.82) is 0 Å². The van der Waals surface area contributed by atoms with Gasteiger partial charge in [0.15, 0.2) is 0 Å². The molecular formula is C14H20N2O2. The lowest BCUT2D eigenvalue weighted by molar-refractivity contribution is -0.126. The summed E-state index contributed by atoms with van der Waals surface area (Å²) in [5.41, 5.74) is 0.729. The quantitative estimate of drug-likeness (QED) is 0.839. The predicted octanol–water partition coefficient (Wildman–Crippen LogP) is 2.18. The van der Waals surface area contributed by atoms with Crippen molar-refractivity contribution in [2.45, 2.75) is 33.2 Å². The van der Waals surface area contributed by atoms with Crippen LogP contribution in [0.2, 0.25) is 0 Å². The zero-order valence-corrected chi connectivity index (χ0v) is 11.1. The summed E-state index contributed by atoms with van der Waals surface area (Å²) in [6.07, 6.45) is 0.433. The molecule has 1 aromatic rings. The maximum absolute atomic E-state index is 11.8. The lowest BCUT2D eigenvalue weighted by atomic mass is 10.1. The van der Waals surface area contributed by atoms with Crippen LogP contribution in [0.25, 0.3) is 0 Å². The molecule has 0 aromatic heterocycles. The summed E-state index contributed by atoms with van der Waals surface area (Å²) in [6.45, 7) is 5.61. The Bertz CT molecular complexity index is 402. The van der Waals surface area contributed by atoms with E-state index in [0.717, 1.165) is 5.69 Å². The van der Waals surface area contributed by atoms with E-state index in [4.69, 9.17) is 0 Å². The first-order chi connectivity index (χ1) is 8.49. The molecule has 1 rings (SSSR count). The van der Waals surface area contributed by atoms with Crippen LogP contribution in [0.1, 0.15) is 27.2 Å². The Morgan fingerprint density at radius 2 is 1.72 bits per heavy atom. The molecule has 0 radical (unpaired) electrons. The molecule has 4 heteroatoms. The van der Waals surface area contributed by atoms with Gasteiger partial charge in [-0.1, -0.05) is 32.0 Å². The Labute approximate surface area is 108 Å². The van der Waals surface area contributed by atoms with Gasteiger partial charge in [-0.15, -0.1) is 0 Å². The van der Waals surface area contributed by atoms with Crippen LogP contribution in [0.4, 0.5) is 5.69 Å². The molecule has 2 amide bonds. The van der Waals surface area contributed by atoms with E-state index in [1.807, 2.05) is 32.0 Å². The molecule has 1 atom stereocenters. The van der Waals surface area contributed by atoms with Crippen LogP contribution in [0, 0.1) is 5.92 Å². The number of rotatable bonds is 5. The van der Waals surface area contributed by atoms with Crippen LogP contribution >= 0.6 is 0 Å². The van der Waals surface area contributed by atoms with Gasteiger partial charge in [-0.25, -0.2) is 0 Å². The van der Waals surface area contributed by atoms with Crippen LogP contribution in [0.15, 0.2) is 30.3 Å². The van der Waals surface area contributed by atoms with E-state index >= 15 is 0 Å². The number of benzene rings is 1. The molecule has 4 nitrogen and oxygen atoms in total. The number of amides is 2. The van der Waals surface area contributed by atoms with Crippen molar-refractivity contribution in [3.8, 4) is 0 Å². The van der Waals surface area contributed by atoms with Crippen LogP contribution in [-0.4, -0.2) is 17.9 Å². The van der Waals surface area contributed by atoms with E-state index in [9.17, 15) is 9.59 Å². The van der Waals surface area contributed by atoms with Crippen LogP contribution in [-0.2, 0) is 9.59 Å². The second kappa shape index (κ2) is 6.79. The summed E-state index contributed by atoms with van der Waals surface area (Å²) in [6, 6.07) is 8.65. The Hall–Kier alpha value is -1.84. The highest BCUT2D eigenvalue weighted by atomic mass is 16.2. The SMILES string of the molecule is CC(C)CC(=O)NC(C)C(=O)Nc1ccccc1. The molecule has 0 bridgehead atoms. The third-order valence-electron chi connectivity index (χ3n) is 2.41. The topological polar surface area (TPSA) is 58.2 Å². The minimum atomic E-state index is -0.531. The van der Waals surface area contributed by atoms with E-state index < -0.39 is 6.04 Å². The van der Waals surface area contributed by atoms with Crippen molar-refractivity contribution in [1.82, 2.24) is 5.32 Å². The molecule has 2 N–H and O–H groups in total. The third-order valence-corrected chi connectivity index (χ3v) is 2.41. The minimum Gasteiger partial charge on any atom is -0.345 e. The molecule has 18 heavy (non-hydrogen) atoms. The van der Waals surface area contributed by atoms with Gasteiger partial charge in [0, 0.05) is 12.1 Å². The molecule has 1 unspecified atom stereocenters. The molecule has 0 aliphatic rings. The molecule has 0 saturated heterocycles. The molecule has 98 valence electrons. The van der Waals surface area contributed by atoms with Gasteiger partial charge in [0.1, 0.15) is 6.04 Å². The number of hydrogen-bond donors (Lipinski definition) is 2. The molecular weight excluding hydrogens is 228 g/mol. The van der Waals surface area contributed by atoms with Crippen LogP contribution in [0.5, 0.6) is 0 Å². The molecule has 0 heterocycles. The summed E-state index contributed by atoms with van der Waals surface area (Å²) in [7, 11) is 0. The van der Waals surface area contributed by atoms with Gasteiger partial charge in [-0.05, 0) is 25.0 Å². The standard InChI is InChI=1S/C14H20N2O2/c1-10(2)9-13(17)15-11(3)14(18)16-12-7-5-4-6-8-12/h4-8,10-11H,9H2,1-3H3,(H,15,17)(H,16,18). The first kappa shape index (κ1) is 14.2. The molecule has 0 spiro atoms. The van der Waals surface area contributed by atoms with Gasteiger partial charge < -0.3 is 10.6 Å². The molecule has 0 aliphatic heterocycles. The number of carbonyl (C=O) groups excluding carboxylic acids is 2. The molecule has 1 aromatic carbocycles. The first-order valence-corrected chi connectivity index (χ1v) is 6.14. The maximum atomic E-state index is 11.8. The average molecular weight is 248 g/mol. The van der Waals surface area contributed by atoms with Gasteiger partial charge in [0.2, 0.25) is 11.8 Å². The van der Waals surface area contributed by atoms with Gasteiger partial charge in [0.25, 0.3) is 0 Å². The maximum Gasteiger partial charge on any atom is 0.246 e. The van der Waals surface area contributed by atoms with Crippen molar-refractivity contribution < 1.29 is 9.59 Å². The zero-order chi connectivity index (χ0) is 13.5. The van der Waals surface area contributed by atoms with Crippen molar-refractivity contribution in [3.05, 3.63) is 30.3 Å². The molecule has 0 aliphatic carbocycles. The van der Waals surface area contributed by atoms with Crippen molar-refractivity contribution >= 4 is 17.5 Å². The van der Waals surface area contributed by atoms with E-state index in [1.54, 1.807) is 19.1 Å². The van der Waals surface area contributed by atoms with Crippen molar-refractivity contribution in [3.63, 3.8) is 0 Å². The molecule has 0 saturated carbocycles. The van der Waals surface area contributed by atoms with Crippen molar-refractivity contribution in [2.24, 2.45) is 5.92 Å². The normalized spacial score (nSPS) is 12.0. The van der Waals surface area contributed by atoms with E-state index in [0.29, 0.717) is 6.42 Å². The number of hydrogen-bond acceptors (Lipinski definition) is 2. The highest BCUT2D eigenvalue weighted by molar-refractivity contribution is 5.96. The lowest BCUT2D eigenvalue weighted by Gasteiger charge is -2.14. The fourth-order valence-corrected chi connectivity index (χ4v) is 1.51. The largest absolute Gasteiger partial charge is 0.345 e. The summed E-state index contributed by atoms with van der Waals surface area (Å²) in [4.78, 5) is 23.3. The predicted molar refractivity (Wildman–Crippen MR) is 72.1 cm³/mol. The van der Waals surface area contributed by atoms with Crippen molar-refractivity contribution in [2.75, 3.05) is 5.32 Å². The second-order valence-electron chi connectivity index (χ2n) is 4.74. The molecule has 0 fully saturated rings. The van der Waals surface area contributed by atoms with Gasteiger partial charge in [-0.3, -0.25) is 9.59 Å². The highest BCUT2D eigenvalue weighted by Gasteiger charge is 2.15. The fourth-order valence-electron chi connectivity index (χ4n) is 1.51. The monoisotopic (exact) mass is 248 g/mol. The van der Waals surface area contributed by atoms with Gasteiger partial charge >= 0.3 is 0 Å². The smallest absolute Gasteiger partial charge is 0.246 e. The van der Waals surface area contributed by atoms with Crippen LogP contribution < -0.4 is 10.6 Å². The summed E-state index contributed by atoms with van der Waals surface area (Å²) < 4.78 is 0. The van der Waals surface area contributed by atoms with Gasteiger partial charge in [-0.2, -0.15) is 0 Å². The summed E-state index contributed by atoms with van der Waals surface area (Å²) >= 11 is 0. The second-order valence-corrected chi connectivity index (χ2v) is 4.74. The van der Waals surface area contributed by atoms with E-state index in [-0.39, 0.29) is 17.7 Å². The highest BCUT2D eigenvalue weighted by Crippen LogP contribution is 2.05. The van der Waals surface area contributed by atoms with E-state index in [1.165, 1.54) is 0 Å². The van der Waals surface area contributed by atoms with Gasteiger partial charge in [0.05, 0.1) is 0 Å². The Kier molecular flexibility index (Phi) is 5.36. The minimum absolute atomic E-state index is 0.0966. The Morgan fingerprint density at radius 3 is 2.28 bits per heavy atom. The third kappa shape index (κ3) is 4.99. The summed E-state index contributed by atoms with van der Waals surface area (Å²) in [5.74, 6) is -0.0200. The fraction of sp³-hybridized carbons (Fsp3) is 0.429. The number of carbonyl (C=O) groups is 2. The lowest BCUT2D eigenvalue weighted by Crippen LogP contribution is -2.41.